The van der Waals surface area contributed by atoms with Gasteiger partial charge in [-0.15, -0.1) is 0 Å². The van der Waals surface area contributed by atoms with Crippen LogP contribution in [-0.4, -0.2) is 45.7 Å². The van der Waals surface area contributed by atoms with Gasteiger partial charge >= 0.3 is 0 Å². The summed E-state index contributed by atoms with van der Waals surface area (Å²) in [5.74, 6) is 1.09. The van der Waals surface area contributed by atoms with E-state index in [1.807, 2.05) is 55.1 Å². The van der Waals surface area contributed by atoms with E-state index >= 15 is 0 Å². The van der Waals surface area contributed by atoms with Gasteiger partial charge in [0.05, 0.1) is 23.2 Å². The van der Waals surface area contributed by atoms with Gasteiger partial charge in [0.1, 0.15) is 5.82 Å². The molecule has 1 fully saturated rings. The van der Waals surface area contributed by atoms with Crippen molar-refractivity contribution in [2.45, 2.75) is 38.9 Å². The van der Waals surface area contributed by atoms with Gasteiger partial charge in [0.25, 0.3) is 0 Å². The molecule has 0 saturated carbocycles. The predicted molar refractivity (Wildman–Crippen MR) is 106 cm³/mol. The third kappa shape index (κ3) is 3.74. The zero-order valence-electron chi connectivity index (χ0n) is 15.8. The van der Waals surface area contributed by atoms with Crippen LogP contribution >= 0.6 is 0 Å². The van der Waals surface area contributed by atoms with Crippen LogP contribution < -0.4 is 0 Å². The number of ether oxygens (including phenoxy) is 1. The number of hydrogen-bond acceptors (Lipinski definition) is 3. The Hall–Kier alpha value is -2.66. The van der Waals surface area contributed by atoms with Gasteiger partial charge in [0, 0.05) is 31.6 Å². The van der Waals surface area contributed by atoms with Gasteiger partial charge in [0.15, 0.2) is 0 Å². The summed E-state index contributed by atoms with van der Waals surface area (Å²) in [6, 6.07) is 18.3. The minimum Gasteiger partial charge on any atom is -0.372 e. The van der Waals surface area contributed by atoms with Crippen LogP contribution in [0.5, 0.6) is 0 Å². The lowest BCUT2D eigenvalue weighted by molar-refractivity contribution is -0.143. The Morgan fingerprint density at radius 1 is 1.04 bits per heavy atom. The number of imidazole rings is 1. The number of benzene rings is 2. The number of morpholine rings is 1. The highest BCUT2D eigenvalue weighted by Crippen LogP contribution is 2.22. The Morgan fingerprint density at radius 3 is 2.44 bits per heavy atom. The third-order valence-electron chi connectivity index (χ3n) is 4.98. The van der Waals surface area contributed by atoms with Crippen LogP contribution in [0.1, 0.15) is 26.1 Å². The normalized spacial score (nSPS) is 20.1. The Kier molecular flexibility index (Phi) is 4.94. The van der Waals surface area contributed by atoms with Crippen molar-refractivity contribution in [3.63, 3.8) is 0 Å². The zero-order chi connectivity index (χ0) is 18.8. The smallest absolute Gasteiger partial charge is 0.223 e. The molecule has 1 aromatic heterocycles. The average Bonchev–Trinajstić information content (AvgIpc) is 3.04. The molecule has 5 heteroatoms. The Labute approximate surface area is 159 Å². The highest BCUT2D eigenvalue weighted by molar-refractivity contribution is 5.79. The molecular weight excluding hydrogens is 338 g/mol. The first-order valence-corrected chi connectivity index (χ1v) is 9.57. The zero-order valence-corrected chi connectivity index (χ0v) is 15.8. The van der Waals surface area contributed by atoms with Gasteiger partial charge in [-0.2, -0.15) is 0 Å². The third-order valence-corrected chi connectivity index (χ3v) is 4.98. The highest BCUT2D eigenvalue weighted by Gasteiger charge is 2.26. The van der Waals surface area contributed by atoms with E-state index in [1.54, 1.807) is 0 Å². The van der Waals surface area contributed by atoms with Gasteiger partial charge in [-0.05, 0) is 38.1 Å². The number of carbonyl (C=O) groups is 1. The van der Waals surface area contributed by atoms with Gasteiger partial charge < -0.3 is 9.64 Å². The Balaban J connectivity index is 1.58. The van der Waals surface area contributed by atoms with Crippen molar-refractivity contribution < 1.29 is 9.53 Å². The summed E-state index contributed by atoms with van der Waals surface area (Å²) in [5.41, 5.74) is 3.10. The van der Waals surface area contributed by atoms with E-state index in [0.29, 0.717) is 25.9 Å². The molecule has 1 aliphatic heterocycles. The number of aromatic nitrogens is 2. The minimum absolute atomic E-state index is 0.0894. The Morgan fingerprint density at radius 2 is 1.70 bits per heavy atom. The standard InChI is InChI=1S/C22H25N3O2/c1-16-14-24(15-17(2)27-16)22(26)13-12-21-23-19-10-6-7-11-20(19)25(21)18-8-4-3-5-9-18/h3-11,16-17H,12-15H2,1-2H3. The van der Waals surface area contributed by atoms with E-state index in [2.05, 4.69) is 22.8 Å². The highest BCUT2D eigenvalue weighted by atomic mass is 16.5. The second kappa shape index (κ2) is 7.53. The fourth-order valence-electron chi connectivity index (χ4n) is 3.87. The summed E-state index contributed by atoms with van der Waals surface area (Å²) >= 11 is 0. The van der Waals surface area contributed by atoms with Gasteiger partial charge in [-0.25, -0.2) is 4.98 Å². The summed E-state index contributed by atoms with van der Waals surface area (Å²) in [5, 5.41) is 0. The molecule has 5 nitrogen and oxygen atoms in total. The Bertz CT molecular complexity index is 925. The molecule has 0 N–H and O–H groups in total. The molecular formula is C22H25N3O2. The fourth-order valence-corrected chi connectivity index (χ4v) is 3.87. The quantitative estimate of drug-likeness (QED) is 0.712. The van der Waals surface area contributed by atoms with E-state index < -0.39 is 0 Å². The van der Waals surface area contributed by atoms with Gasteiger partial charge in [0.2, 0.25) is 5.91 Å². The number of fused-ring (bicyclic) bond motifs is 1. The molecule has 3 aromatic rings. The minimum atomic E-state index is 0.0894. The molecule has 2 aromatic carbocycles. The number of carbonyl (C=O) groups excluding carboxylic acids is 1. The monoisotopic (exact) mass is 363 g/mol. The van der Waals surface area contributed by atoms with Crippen molar-refractivity contribution >= 4 is 16.9 Å². The van der Waals surface area contributed by atoms with Crippen molar-refractivity contribution in [2.75, 3.05) is 13.1 Å². The first-order chi connectivity index (χ1) is 13.1. The second-order valence-electron chi connectivity index (χ2n) is 7.24. The van der Waals surface area contributed by atoms with E-state index in [0.717, 1.165) is 22.5 Å². The number of nitrogens with zero attached hydrogens (tertiary/aromatic N) is 3. The molecule has 0 bridgehead atoms. The lowest BCUT2D eigenvalue weighted by Crippen LogP contribution is -2.48. The summed E-state index contributed by atoms with van der Waals surface area (Å²) in [7, 11) is 0. The van der Waals surface area contributed by atoms with Crippen LogP contribution in [0, 0.1) is 0 Å². The van der Waals surface area contributed by atoms with Crippen molar-refractivity contribution in [3.8, 4) is 5.69 Å². The summed E-state index contributed by atoms with van der Waals surface area (Å²) in [6.07, 6.45) is 1.25. The van der Waals surface area contributed by atoms with Crippen LogP contribution in [0.4, 0.5) is 0 Å². The fraction of sp³-hybridized carbons (Fsp3) is 0.364. The predicted octanol–water partition coefficient (Wildman–Crippen LogP) is 3.59. The maximum absolute atomic E-state index is 12.8. The van der Waals surface area contributed by atoms with Gasteiger partial charge in [-0.3, -0.25) is 9.36 Å². The summed E-state index contributed by atoms with van der Waals surface area (Å²) in [4.78, 5) is 19.5. The van der Waals surface area contributed by atoms with Crippen LogP contribution in [0.15, 0.2) is 54.6 Å². The molecule has 0 aliphatic carbocycles. The molecule has 0 radical (unpaired) electrons. The second-order valence-corrected chi connectivity index (χ2v) is 7.24. The molecule has 2 heterocycles. The summed E-state index contributed by atoms with van der Waals surface area (Å²) < 4.78 is 7.90. The lowest BCUT2D eigenvalue weighted by Gasteiger charge is -2.35. The first-order valence-electron chi connectivity index (χ1n) is 9.57. The van der Waals surface area contributed by atoms with Crippen molar-refractivity contribution in [2.24, 2.45) is 0 Å². The molecule has 140 valence electrons. The molecule has 0 spiro atoms. The van der Waals surface area contributed by atoms with Crippen LogP contribution in [0.25, 0.3) is 16.7 Å². The molecule has 1 aliphatic rings. The number of hydrogen-bond donors (Lipinski definition) is 0. The van der Waals surface area contributed by atoms with Crippen LogP contribution in [0.2, 0.25) is 0 Å². The molecule has 27 heavy (non-hydrogen) atoms. The van der Waals surface area contributed by atoms with Crippen LogP contribution in [-0.2, 0) is 16.0 Å². The van der Waals surface area contributed by atoms with E-state index in [4.69, 9.17) is 9.72 Å². The van der Waals surface area contributed by atoms with E-state index in [1.165, 1.54) is 0 Å². The van der Waals surface area contributed by atoms with E-state index in [9.17, 15) is 4.79 Å². The number of amides is 1. The number of rotatable bonds is 4. The molecule has 2 atom stereocenters. The lowest BCUT2D eigenvalue weighted by atomic mass is 10.2. The maximum Gasteiger partial charge on any atom is 0.223 e. The number of aryl methyl sites for hydroxylation is 1. The van der Waals surface area contributed by atoms with E-state index in [-0.39, 0.29) is 18.1 Å². The molecule has 4 rings (SSSR count). The summed E-state index contributed by atoms with van der Waals surface area (Å²) in [6.45, 7) is 5.37. The maximum atomic E-state index is 12.8. The van der Waals surface area contributed by atoms with Crippen LogP contribution in [0.3, 0.4) is 0 Å². The molecule has 1 amide bonds. The average molecular weight is 363 g/mol. The molecule has 1 saturated heterocycles. The SMILES string of the molecule is CC1CN(C(=O)CCc2nc3ccccc3n2-c2ccccc2)CC(C)O1. The number of para-hydroxylation sites is 3. The van der Waals surface area contributed by atoms with Crippen molar-refractivity contribution in [1.29, 1.82) is 0 Å². The van der Waals surface area contributed by atoms with Gasteiger partial charge in [-0.1, -0.05) is 30.3 Å². The first kappa shape index (κ1) is 17.7. The topological polar surface area (TPSA) is 47.4 Å². The molecule has 2 unspecified atom stereocenters. The largest absolute Gasteiger partial charge is 0.372 e. The van der Waals surface area contributed by atoms with Crippen molar-refractivity contribution in [3.05, 3.63) is 60.4 Å². The van der Waals surface area contributed by atoms with Crippen molar-refractivity contribution in [1.82, 2.24) is 14.5 Å².